The van der Waals surface area contributed by atoms with Crippen molar-refractivity contribution in [2.24, 2.45) is 0 Å². The predicted octanol–water partition coefficient (Wildman–Crippen LogP) is 6.57. The normalized spacial score (nSPS) is 14.5. The number of halogens is 2. The second-order valence-corrected chi connectivity index (χ2v) is 12.6. The Labute approximate surface area is 273 Å². The van der Waals surface area contributed by atoms with E-state index < -0.39 is 30.2 Å². The molecule has 0 bridgehead atoms. The lowest BCUT2D eigenvalue weighted by Gasteiger charge is -2.20. The van der Waals surface area contributed by atoms with Crippen molar-refractivity contribution in [1.82, 2.24) is 15.0 Å². The van der Waals surface area contributed by atoms with Crippen LogP contribution >= 0.6 is 23.4 Å². The summed E-state index contributed by atoms with van der Waals surface area (Å²) in [6, 6.07) is 2.15. The number of ether oxygens (including phenoxy) is 2. The van der Waals surface area contributed by atoms with E-state index in [-0.39, 0.29) is 22.0 Å². The first-order valence-electron chi connectivity index (χ1n) is 15.1. The van der Waals surface area contributed by atoms with Gasteiger partial charge in [-0.2, -0.15) is 15.0 Å². The van der Waals surface area contributed by atoms with Crippen molar-refractivity contribution in [3.8, 4) is 5.75 Å². The first-order chi connectivity index (χ1) is 21.4. The molecule has 2 aromatic rings. The fraction of sp³-hybridized carbons (Fsp3) is 0.548. The second kappa shape index (κ2) is 16.7. The zero-order valence-corrected chi connectivity index (χ0v) is 28.3. The highest BCUT2D eigenvalue weighted by molar-refractivity contribution is 7.98. The molecule has 45 heavy (non-hydrogen) atoms. The topological polar surface area (TPSA) is 136 Å². The largest absolute Gasteiger partial charge is 0.480 e. The highest BCUT2D eigenvalue weighted by Crippen LogP contribution is 2.39. The van der Waals surface area contributed by atoms with Gasteiger partial charge in [0.05, 0.1) is 17.3 Å². The summed E-state index contributed by atoms with van der Waals surface area (Å²) in [7, 11) is 0. The molecule has 0 atom stereocenters. The number of carbonyl (C=O) groups excluding carboxylic acids is 3. The number of amides is 2. The van der Waals surface area contributed by atoms with Crippen LogP contribution in [0.1, 0.15) is 79.6 Å². The number of rotatable bonds is 12. The van der Waals surface area contributed by atoms with E-state index in [1.54, 1.807) is 0 Å². The molecule has 0 saturated carbocycles. The maximum Gasteiger partial charge on any atom is 0.344 e. The highest BCUT2D eigenvalue weighted by Gasteiger charge is 2.41. The summed E-state index contributed by atoms with van der Waals surface area (Å²) < 4.78 is 25.0. The van der Waals surface area contributed by atoms with E-state index in [1.165, 1.54) is 17.8 Å². The van der Waals surface area contributed by atoms with Crippen LogP contribution < -0.4 is 20.3 Å². The van der Waals surface area contributed by atoms with Gasteiger partial charge >= 0.3 is 5.97 Å². The summed E-state index contributed by atoms with van der Waals surface area (Å²) in [6.45, 7) is 11.0. The zero-order chi connectivity index (χ0) is 33.1. The van der Waals surface area contributed by atoms with Crippen molar-refractivity contribution in [2.75, 3.05) is 41.5 Å². The predicted molar refractivity (Wildman–Crippen MR) is 175 cm³/mol. The van der Waals surface area contributed by atoms with Crippen LogP contribution in [0.15, 0.2) is 28.4 Å². The fourth-order valence-electron chi connectivity index (χ4n) is 4.55. The Kier molecular flexibility index (Phi) is 13.4. The van der Waals surface area contributed by atoms with Crippen LogP contribution in [0.5, 0.6) is 5.75 Å². The van der Waals surface area contributed by atoms with Crippen LogP contribution in [0.4, 0.5) is 22.0 Å². The third kappa shape index (κ3) is 10.3. The third-order valence-electron chi connectivity index (χ3n) is 6.61. The molecule has 246 valence electrons. The van der Waals surface area contributed by atoms with Gasteiger partial charge in [0.15, 0.2) is 11.8 Å². The lowest BCUT2D eigenvalue weighted by Crippen LogP contribution is -2.32. The molecule has 4 rings (SSSR count). The summed E-state index contributed by atoms with van der Waals surface area (Å²) in [5.41, 5.74) is 0.619. The number of hydrogen-bond acceptors (Lipinski definition) is 11. The maximum atomic E-state index is 14.5. The fourth-order valence-corrected chi connectivity index (χ4v) is 5.11. The van der Waals surface area contributed by atoms with E-state index >= 15 is 0 Å². The maximum absolute atomic E-state index is 14.5. The molecule has 14 heteroatoms. The van der Waals surface area contributed by atoms with Gasteiger partial charge in [0.2, 0.25) is 11.9 Å². The second-order valence-electron chi connectivity index (χ2n) is 11.4. The molecule has 1 aromatic carbocycles. The molecular weight excluding hydrogens is 623 g/mol. The molecule has 0 unspecified atom stereocenters. The van der Waals surface area contributed by atoms with Crippen molar-refractivity contribution < 1.29 is 28.2 Å². The number of thioether (sulfide) groups is 1. The van der Waals surface area contributed by atoms with E-state index in [0.29, 0.717) is 42.5 Å². The third-order valence-corrected chi connectivity index (χ3v) is 7.45. The molecule has 0 fully saturated rings. The van der Waals surface area contributed by atoms with Crippen molar-refractivity contribution in [3.63, 3.8) is 0 Å². The zero-order valence-electron chi connectivity index (χ0n) is 26.7. The molecule has 0 spiro atoms. The molecule has 2 amide bonds. The van der Waals surface area contributed by atoms with E-state index in [1.807, 2.05) is 20.1 Å². The number of imide groups is 1. The molecule has 1 aliphatic heterocycles. The SMILES string of the molecule is CCCCCOC(=O)COc1cc(N2C(=O)C3=C(CCCC3)C2=O)c(F)cc1Cl.CCNc1nc(NC(C)(C)C)nc(SC)n1. The summed E-state index contributed by atoms with van der Waals surface area (Å²) in [4.78, 5) is 50.8. The summed E-state index contributed by atoms with van der Waals surface area (Å²) in [5.74, 6) is -1.17. The summed E-state index contributed by atoms with van der Waals surface area (Å²) in [6.07, 6.45) is 7.35. The van der Waals surface area contributed by atoms with Crippen molar-refractivity contribution in [2.45, 2.75) is 90.3 Å². The Morgan fingerprint density at radius 1 is 1.04 bits per heavy atom. The molecule has 2 heterocycles. The number of unbranched alkanes of at least 4 members (excludes halogenated alkanes) is 2. The first-order valence-corrected chi connectivity index (χ1v) is 16.7. The van der Waals surface area contributed by atoms with Crippen LogP contribution in [0.25, 0.3) is 0 Å². The number of nitrogens with one attached hydrogen (secondary N) is 2. The Morgan fingerprint density at radius 2 is 1.69 bits per heavy atom. The van der Waals surface area contributed by atoms with E-state index in [0.717, 1.165) is 54.8 Å². The Bertz CT molecular complexity index is 1390. The summed E-state index contributed by atoms with van der Waals surface area (Å²) in [5, 5.41) is 6.98. The Hall–Kier alpha value is -3.45. The highest BCUT2D eigenvalue weighted by atomic mass is 35.5. The lowest BCUT2D eigenvalue weighted by atomic mass is 9.93. The first kappa shape index (κ1) is 36.0. The molecule has 1 aliphatic carbocycles. The van der Waals surface area contributed by atoms with Crippen LogP contribution in [0, 0.1) is 5.82 Å². The quantitative estimate of drug-likeness (QED) is 0.110. The minimum absolute atomic E-state index is 0.000883. The molecule has 0 radical (unpaired) electrons. The average molecular weight is 665 g/mol. The number of aromatic nitrogens is 3. The van der Waals surface area contributed by atoms with Gasteiger partial charge in [0, 0.05) is 29.3 Å². The Morgan fingerprint density at radius 3 is 2.27 bits per heavy atom. The molecule has 11 nitrogen and oxygen atoms in total. The standard InChI is InChI=1S/C21H23ClFNO5.C10H19N5S/c1-2-3-6-9-28-19(25)12-29-18-11-17(16(23)10-15(18)22)24-20(26)13-7-4-5-8-14(13)21(24)27;1-6-11-7-12-8(15-10(2,3)4)14-9(13-7)16-5/h10-11H,2-9,12H2,1H3;6H2,1-5H3,(H2,11,12,13,14,15). The molecule has 1 aromatic heterocycles. The van der Waals surface area contributed by atoms with E-state index in [4.69, 9.17) is 21.1 Å². The van der Waals surface area contributed by atoms with Gasteiger partial charge in [0.1, 0.15) is 11.6 Å². The molecule has 0 saturated heterocycles. The number of hydrogen-bond donors (Lipinski definition) is 2. The number of nitrogens with zero attached hydrogens (tertiary/aromatic N) is 4. The van der Waals surface area contributed by atoms with E-state index in [2.05, 4.69) is 46.4 Å². The van der Waals surface area contributed by atoms with E-state index in [9.17, 15) is 18.8 Å². The Balaban J connectivity index is 0.000000292. The van der Waals surface area contributed by atoms with Gasteiger partial charge < -0.3 is 20.1 Å². The minimum atomic E-state index is -0.814. The van der Waals surface area contributed by atoms with Gasteiger partial charge in [-0.1, -0.05) is 43.1 Å². The van der Waals surface area contributed by atoms with Crippen LogP contribution in [-0.2, 0) is 19.1 Å². The smallest absolute Gasteiger partial charge is 0.344 e. The number of carbonyl (C=O) groups is 3. The number of benzene rings is 1. The number of anilines is 3. The van der Waals surface area contributed by atoms with Gasteiger partial charge in [0.25, 0.3) is 11.8 Å². The average Bonchev–Trinajstić information content (AvgIpc) is 3.24. The van der Waals surface area contributed by atoms with Crippen molar-refractivity contribution >= 4 is 58.7 Å². The van der Waals surface area contributed by atoms with Crippen LogP contribution in [-0.4, -0.2) is 64.3 Å². The van der Waals surface area contributed by atoms with Crippen LogP contribution in [0.3, 0.4) is 0 Å². The van der Waals surface area contributed by atoms with Crippen LogP contribution in [0.2, 0.25) is 5.02 Å². The summed E-state index contributed by atoms with van der Waals surface area (Å²) >= 11 is 7.52. The molecule has 2 N–H and O–H groups in total. The van der Waals surface area contributed by atoms with Gasteiger partial charge in [-0.15, -0.1) is 0 Å². The van der Waals surface area contributed by atoms with Gasteiger partial charge in [-0.05, 0) is 72.1 Å². The molecular formula is C31H42ClFN6O5S. The van der Waals surface area contributed by atoms with Crippen molar-refractivity contribution in [1.29, 1.82) is 0 Å². The minimum Gasteiger partial charge on any atom is -0.480 e. The number of esters is 1. The lowest BCUT2D eigenvalue weighted by molar-refractivity contribution is -0.146. The molecule has 2 aliphatic rings. The van der Waals surface area contributed by atoms with Gasteiger partial charge in [-0.3, -0.25) is 9.59 Å². The van der Waals surface area contributed by atoms with Gasteiger partial charge in [-0.25, -0.2) is 14.1 Å². The monoisotopic (exact) mass is 664 g/mol. The van der Waals surface area contributed by atoms with Crippen molar-refractivity contribution in [3.05, 3.63) is 34.1 Å².